The number of carbonyl (C=O) groups is 2. The van der Waals surface area contributed by atoms with E-state index in [1.165, 1.54) is 5.56 Å². The molecule has 0 saturated heterocycles. The van der Waals surface area contributed by atoms with Gasteiger partial charge in [-0.15, -0.1) is 0 Å². The highest BCUT2D eigenvalue weighted by Crippen LogP contribution is 2.09. The molecule has 122 valence electrons. The van der Waals surface area contributed by atoms with Crippen LogP contribution in [0.5, 0.6) is 0 Å². The minimum absolute atomic E-state index is 0.209. The highest BCUT2D eigenvalue weighted by atomic mass is 16.6. The summed E-state index contributed by atoms with van der Waals surface area (Å²) in [6.45, 7) is 5.37. The van der Waals surface area contributed by atoms with E-state index < -0.39 is 17.7 Å². The predicted molar refractivity (Wildman–Crippen MR) is 86.6 cm³/mol. The van der Waals surface area contributed by atoms with Crippen molar-refractivity contribution in [1.82, 2.24) is 10.6 Å². The predicted octanol–water partition coefficient (Wildman–Crippen LogP) is 2.65. The number of ether oxygens (including phenoxy) is 1. The van der Waals surface area contributed by atoms with Crippen molar-refractivity contribution in [3.05, 3.63) is 35.9 Å². The monoisotopic (exact) mass is 306 g/mol. The van der Waals surface area contributed by atoms with Crippen molar-refractivity contribution < 1.29 is 14.3 Å². The molecule has 0 heterocycles. The Labute approximate surface area is 132 Å². The Kier molecular flexibility index (Phi) is 6.89. The molecule has 22 heavy (non-hydrogen) atoms. The first-order valence-corrected chi connectivity index (χ1v) is 7.57. The zero-order valence-corrected chi connectivity index (χ0v) is 13.8. The van der Waals surface area contributed by atoms with Gasteiger partial charge in [-0.2, -0.15) is 0 Å². The standard InChI is InChI=1S/C17H26N2O3/c1-17(2,3)22-16(21)19-14(15(20)18-4)12-8-11-13-9-6-5-7-10-13/h5-7,9-10,14H,8,11-12H2,1-4H3,(H,18,20)(H,19,21). The Morgan fingerprint density at radius 3 is 2.36 bits per heavy atom. The van der Waals surface area contributed by atoms with Gasteiger partial charge < -0.3 is 15.4 Å². The molecule has 0 aliphatic heterocycles. The summed E-state index contributed by atoms with van der Waals surface area (Å²) in [7, 11) is 1.56. The molecule has 1 aromatic rings. The van der Waals surface area contributed by atoms with E-state index in [1.807, 2.05) is 18.2 Å². The third kappa shape index (κ3) is 7.11. The molecule has 0 saturated carbocycles. The first kappa shape index (κ1) is 18.0. The number of nitrogens with one attached hydrogen (secondary N) is 2. The average Bonchev–Trinajstić information content (AvgIpc) is 2.44. The Hall–Kier alpha value is -2.04. The largest absolute Gasteiger partial charge is 0.444 e. The van der Waals surface area contributed by atoms with Crippen molar-refractivity contribution >= 4 is 12.0 Å². The normalized spacial score (nSPS) is 12.4. The first-order chi connectivity index (χ1) is 10.3. The lowest BCUT2D eigenvalue weighted by molar-refractivity contribution is -0.122. The lowest BCUT2D eigenvalue weighted by atomic mass is 10.0. The van der Waals surface area contributed by atoms with Gasteiger partial charge >= 0.3 is 6.09 Å². The fourth-order valence-electron chi connectivity index (χ4n) is 2.05. The lowest BCUT2D eigenvalue weighted by Crippen LogP contribution is -2.47. The average molecular weight is 306 g/mol. The van der Waals surface area contributed by atoms with Crippen molar-refractivity contribution in [2.24, 2.45) is 0 Å². The summed E-state index contributed by atoms with van der Waals surface area (Å²) in [5, 5.41) is 5.21. The topological polar surface area (TPSA) is 67.4 Å². The number of likely N-dealkylation sites (N-methyl/N-ethyl adjacent to an activating group) is 1. The van der Waals surface area contributed by atoms with Crippen molar-refractivity contribution in [2.75, 3.05) is 7.05 Å². The SMILES string of the molecule is CNC(=O)C(CCCc1ccccc1)NC(=O)OC(C)(C)C. The number of hydrogen-bond acceptors (Lipinski definition) is 3. The molecule has 2 amide bonds. The molecule has 1 aromatic carbocycles. The van der Waals surface area contributed by atoms with Gasteiger partial charge in [0.25, 0.3) is 0 Å². The van der Waals surface area contributed by atoms with Crippen LogP contribution >= 0.6 is 0 Å². The van der Waals surface area contributed by atoms with E-state index in [2.05, 4.69) is 22.8 Å². The Balaban J connectivity index is 2.50. The van der Waals surface area contributed by atoms with Gasteiger partial charge in [-0.3, -0.25) is 4.79 Å². The van der Waals surface area contributed by atoms with Crippen LogP contribution in [0.1, 0.15) is 39.2 Å². The second kappa shape index (κ2) is 8.41. The van der Waals surface area contributed by atoms with Gasteiger partial charge in [0.05, 0.1) is 0 Å². The molecule has 2 N–H and O–H groups in total. The molecular weight excluding hydrogens is 280 g/mol. The maximum absolute atomic E-state index is 11.9. The Morgan fingerprint density at radius 1 is 1.18 bits per heavy atom. The van der Waals surface area contributed by atoms with Crippen LogP contribution in [0.4, 0.5) is 4.79 Å². The van der Waals surface area contributed by atoms with Gasteiger partial charge in [0.1, 0.15) is 11.6 Å². The summed E-state index contributed by atoms with van der Waals surface area (Å²) in [6, 6.07) is 9.48. The quantitative estimate of drug-likeness (QED) is 0.849. The van der Waals surface area contributed by atoms with Crippen LogP contribution in [-0.2, 0) is 16.0 Å². The van der Waals surface area contributed by atoms with Crippen molar-refractivity contribution in [1.29, 1.82) is 0 Å². The second-order valence-corrected chi connectivity index (χ2v) is 6.19. The van der Waals surface area contributed by atoms with Crippen LogP contribution in [0.25, 0.3) is 0 Å². The van der Waals surface area contributed by atoms with E-state index in [-0.39, 0.29) is 5.91 Å². The van der Waals surface area contributed by atoms with Gasteiger partial charge in [-0.25, -0.2) is 4.79 Å². The fourth-order valence-corrected chi connectivity index (χ4v) is 2.05. The lowest BCUT2D eigenvalue weighted by Gasteiger charge is -2.23. The third-order valence-electron chi connectivity index (χ3n) is 3.05. The highest BCUT2D eigenvalue weighted by molar-refractivity contribution is 5.85. The van der Waals surface area contributed by atoms with Gasteiger partial charge in [-0.05, 0) is 45.6 Å². The molecule has 1 unspecified atom stereocenters. The minimum Gasteiger partial charge on any atom is -0.444 e. The molecule has 1 rings (SSSR count). The Morgan fingerprint density at radius 2 is 1.82 bits per heavy atom. The Bertz CT molecular complexity index is 480. The maximum atomic E-state index is 11.9. The third-order valence-corrected chi connectivity index (χ3v) is 3.05. The number of amides is 2. The summed E-state index contributed by atoms with van der Waals surface area (Å²) in [5.41, 5.74) is 0.636. The summed E-state index contributed by atoms with van der Waals surface area (Å²) >= 11 is 0. The molecule has 0 radical (unpaired) electrons. The molecule has 5 heteroatoms. The summed E-state index contributed by atoms with van der Waals surface area (Å²) < 4.78 is 5.20. The second-order valence-electron chi connectivity index (χ2n) is 6.19. The smallest absolute Gasteiger partial charge is 0.408 e. The molecular formula is C17H26N2O3. The number of benzene rings is 1. The van der Waals surface area contributed by atoms with Gasteiger partial charge in [0.15, 0.2) is 0 Å². The molecule has 0 bridgehead atoms. The summed E-state index contributed by atoms with van der Waals surface area (Å²) in [6.07, 6.45) is 1.66. The highest BCUT2D eigenvalue weighted by Gasteiger charge is 2.23. The van der Waals surface area contributed by atoms with Crippen molar-refractivity contribution in [3.63, 3.8) is 0 Å². The minimum atomic E-state index is -0.582. The van der Waals surface area contributed by atoms with Crippen LogP contribution in [0, 0.1) is 0 Å². The molecule has 5 nitrogen and oxygen atoms in total. The molecule has 0 fully saturated rings. The zero-order chi connectivity index (χ0) is 16.6. The van der Waals surface area contributed by atoms with Crippen LogP contribution in [-0.4, -0.2) is 30.7 Å². The fraction of sp³-hybridized carbons (Fsp3) is 0.529. The number of carbonyl (C=O) groups excluding carboxylic acids is 2. The van der Waals surface area contributed by atoms with E-state index in [0.717, 1.165) is 12.8 Å². The molecule has 0 aliphatic rings. The van der Waals surface area contributed by atoms with Crippen LogP contribution in [0.2, 0.25) is 0 Å². The van der Waals surface area contributed by atoms with E-state index in [9.17, 15) is 9.59 Å². The van der Waals surface area contributed by atoms with Gasteiger partial charge in [-0.1, -0.05) is 30.3 Å². The molecule has 1 atom stereocenters. The molecule has 0 aliphatic carbocycles. The number of rotatable bonds is 6. The maximum Gasteiger partial charge on any atom is 0.408 e. The zero-order valence-electron chi connectivity index (χ0n) is 13.8. The van der Waals surface area contributed by atoms with Gasteiger partial charge in [0, 0.05) is 7.05 Å². The van der Waals surface area contributed by atoms with Crippen molar-refractivity contribution in [2.45, 2.75) is 51.7 Å². The molecule has 0 aromatic heterocycles. The first-order valence-electron chi connectivity index (χ1n) is 7.57. The van der Waals surface area contributed by atoms with Crippen LogP contribution in [0.3, 0.4) is 0 Å². The van der Waals surface area contributed by atoms with Gasteiger partial charge in [0.2, 0.25) is 5.91 Å². The van der Waals surface area contributed by atoms with Crippen LogP contribution < -0.4 is 10.6 Å². The van der Waals surface area contributed by atoms with Crippen LogP contribution in [0.15, 0.2) is 30.3 Å². The summed E-state index contributed by atoms with van der Waals surface area (Å²) in [5.74, 6) is -0.209. The van der Waals surface area contributed by atoms with E-state index in [0.29, 0.717) is 6.42 Å². The van der Waals surface area contributed by atoms with E-state index in [4.69, 9.17) is 4.74 Å². The number of alkyl carbamates (subject to hydrolysis) is 1. The molecule has 0 spiro atoms. The van der Waals surface area contributed by atoms with E-state index in [1.54, 1.807) is 27.8 Å². The number of hydrogen-bond donors (Lipinski definition) is 2. The number of aryl methyl sites for hydroxylation is 1. The summed E-state index contributed by atoms with van der Waals surface area (Å²) in [4.78, 5) is 23.7. The van der Waals surface area contributed by atoms with Crippen molar-refractivity contribution in [3.8, 4) is 0 Å². The van der Waals surface area contributed by atoms with E-state index >= 15 is 0 Å².